The van der Waals surface area contributed by atoms with E-state index in [0.717, 1.165) is 45.8 Å². The molecule has 2 nitrogen and oxygen atoms in total. The Balaban J connectivity index is 1.28. The van der Waals surface area contributed by atoms with Crippen LogP contribution in [-0.4, -0.2) is 0 Å². The first-order valence-electron chi connectivity index (χ1n) is 19.6. The molecule has 0 aromatic heterocycles. The molecule has 56 heavy (non-hydrogen) atoms. The quantitative estimate of drug-likeness (QED) is 0.153. The minimum Gasteiger partial charge on any atom is -0.374 e. The average molecular weight is 725 g/mol. The zero-order valence-electron chi connectivity index (χ0n) is 32.8. The summed E-state index contributed by atoms with van der Waals surface area (Å²) in [5.41, 5.74) is 22.8. The van der Waals surface area contributed by atoms with Crippen molar-refractivity contribution >= 4 is 22.5 Å². The molecule has 2 aliphatic rings. The largest absolute Gasteiger partial charge is 0.374 e. The maximum atomic E-state index is 4.41. The van der Waals surface area contributed by atoms with Gasteiger partial charge in [0, 0.05) is 33.8 Å². The topological polar surface area (TPSA) is 24.1 Å². The van der Waals surface area contributed by atoms with E-state index in [1.807, 2.05) is 12.2 Å². The first-order valence-corrected chi connectivity index (χ1v) is 19.6. The molecule has 0 saturated carbocycles. The van der Waals surface area contributed by atoms with Gasteiger partial charge in [0.2, 0.25) is 0 Å². The molecule has 1 unspecified atom stereocenters. The minimum absolute atomic E-state index is 0.136. The summed E-state index contributed by atoms with van der Waals surface area (Å²) in [4.78, 5) is 0. The van der Waals surface area contributed by atoms with Crippen LogP contribution < -0.4 is 10.6 Å². The lowest BCUT2D eigenvalue weighted by Crippen LogP contribution is -2.23. The van der Waals surface area contributed by atoms with Gasteiger partial charge in [-0.3, -0.25) is 0 Å². The summed E-state index contributed by atoms with van der Waals surface area (Å²) < 4.78 is 0. The standard InChI is InChI=1S/C54H48N2/c1-7-18-41(35(5)9-3)47-32-38(29-28-36(47)6)39-30-31-53-50(33-39)40(10-4)51(19-8-2)56-54(46-22-14-15-27-52(46)55-53)45-26-17-25-44-43-24-16-23-42(48(43)34-49(44)45)37-20-12-11-13-21-37/h7-33,54-56H,1,4,34H2,2-3,5-6H3/b19-8-,35-9-,41-18+,51-40-. The first-order chi connectivity index (χ1) is 27.4. The van der Waals surface area contributed by atoms with E-state index in [1.165, 1.54) is 66.8 Å². The second-order valence-corrected chi connectivity index (χ2v) is 14.6. The van der Waals surface area contributed by atoms with Crippen LogP contribution in [0.1, 0.15) is 65.8 Å². The van der Waals surface area contributed by atoms with Crippen LogP contribution in [0.3, 0.4) is 0 Å². The number of para-hydroxylation sites is 1. The molecule has 0 saturated heterocycles. The van der Waals surface area contributed by atoms with Crippen molar-refractivity contribution in [3.8, 4) is 33.4 Å². The summed E-state index contributed by atoms with van der Waals surface area (Å²) in [5.74, 6) is 0. The number of nitrogens with one attached hydrogen (secondary N) is 2. The van der Waals surface area contributed by atoms with Gasteiger partial charge in [-0.25, -0.2) is 0 Å². The molecule has 6 aromatic carbocycles. The van der Waals surface area contributed by atoms with Crippen molar-refractivity contribution in [3.05, 3.63) is 227 Å². The number of hydrogen-bond donors (Lipinski definition) is 2. The van der Waals surface area contributed by atoms with Gasteiger partial charge < -0.3 is 10.6 Å². The summed E-state index contributed by atoms with van der Waals surface area (Å²) in [6.07, 6.45) is 13.3. The fourth-order valence-electron chi connectivity index (χ4n) is 8.51. The van der Waals surface area contributed by atoms with Gasteiger partial charge >= 0.3 is 0 Å². The van der Waals surface area contributed by atoms with Crippen molar-refractivity contribution < 1.29 is 0 Å². The zero-order chi connectivity index (χ0) is 38.8. The number of rotatable bonds is 8. The lowest BCUT2D eigenvalue weighted by molar-refractivity contribution is 0.703. The number of hydrogen-bond acceptors (Lipinski definition) is 2. The minimum atomic E-state index is -0.136. The van der Waals surface area contributed by atoms with Gasteiger partial charge in [-0.1, -0.05) is 147 Å². The van der Waals surface area contributed by atoms with Gasteiger partial charge in [-0.2, -0.15) is 0 Å². The summed E-state index contributed by atoms with van der Waals surface area (Å²) in [6.45, 7) is 16.9. The molecule has 0 spiro atoms. The molecule has 8 rings (SSSR count). The Morgan fingerprint density at radius 2 is 1.36 bits per heavy atom. The van der Waals surface area contributed by atoms with E-state index in [1.54, 1.807) is 0 Å². The van der Waals surface area contributed by atoms with E-state index in [-0.39, 0.29) is 6.04 Å². The highest BCUT2D eigenvalue weighted by molar-refractivity contribution is 5.91. The third-order valence-corrected chi connectivity index (χ3v) is 11.4. The molecule has 2 N–H and O–H groups in total. The Bertz CT molecular complexity index is 2630. The van der Waals surface area contributed by atoms with E-state index >= 15 is 0 Å². The number of aryl methyl sites for hydroxylation is 1. The first kappa shape index (κ1) is 36.3. The number of anilines is 2. The average Bonchev–Trinajstić information content (AvgIpc) is 3.64. The third-order valence-electron chi connectivity index (χ3n) is 11.4. The Morgan fingerprint density at radius 1 is 0.661 bits per heavy atom. The van der Waals surface area contributed by atoms with E-state index < -0.39 is 0 Å². The van der Waals surface area contributed by atoms with E-state index in [0.29, 0.717) is 0 Å². The zero-order valence-corrected chi connectivity index (χ0v) is 32.8. The number of fused-ring (bicyclic) bond motifs is 5. The van der Waals surface area contributed by atoms with Crippen LogP contribution in [0, 0.1) is 6.92 Å². The van der Waals surface area contributed by atoms with Crippen molar-refractivity contribution in [3.63, 3.8) is 0 Å². The molecule has 0 bridgehead atoms. The molecule has 1 atom stereocenters. The highest BCUT2D eigenvalue weighted by atomic mass is 15.0. The fraction of sp³-hybridized carbons (Fsp3) is 0.111. The Labute approximate surface area is 332 Å². The number of allylic oxidation sites excluding steroid dienone is 9. The fourth-order valence-corrected chi connectivity index (χ4v) is 8.51. The van der Waals surface area contributed by atoms with Gasteiger partial charge in [0.05, 0.1) is 6.04 Å². The molecule has 1 aliphatic heterocycles. The molecule has 0 amide bonds. The molecule has 6 aromatic rings. The molecule has 1 heterocycles. The second-order valence-electron chi connectivity index (χ2n) is 14.6. The lowest BCUT2D eigenvalue weighted by Gasteiger charge is -2.26. The molecule has 2 heteroatoms. The Kier molecular flexibility index (Phi) is 10.1. The summed E-state index contributed by atoms with van der Waals surface area (Å²) >= 11 is 0. The van der Waals surface area contributed by atoms with E-state index in [2.05, 4.69) is 203 Å². The van der Waals surface area contributed by atoms with Crippen LogP contribution in [0.5, 0.6) is 0 Å². The number of benzene rings is 6. The highest BCUT2D eigenvalue weighted by Gasteiger charge is 2.30. The maximum absolute atomic E-state index is 4.41. The molecule has 1 aliphatic carbocycles. The molecule has 0 radical (unpaired) electrons. The van der Waals surface area contributed by atoms with Crippen molar-refractivity contribution in [2.75, 3.05) is 5.32 Å². The van der Waals surface area contributed by atoms with Crippen LogP contribution in [0.4, 0.5) is 11.4 Å². The molecule has 0 fully saturated rings. The van der Waals surface area contributed by atoms with Gasteiger partial charge in [-0.05, 0) is 137 Å². The molecule has 274 valence electrons. The van der Waals surface area contributed by atoms with Crippen molar-refractivity contribution in [1.29, 1.82) is 0 Å². The summed E-state index contributed by atoms with van der Waals surface area (Å²) in [6, 6.07) is 46.5. The van der Waals surface area contributed by atoms with Crippen LogP contribution >= 0.6 is 0 Å². The predicted molar refractivity (Wildman–Crippen MR) is 241 cm³/mol. The molecular formula is C54H48N2. The van der Waals surface area contributed by atoms with Crippen LogP contribution in [0.2, 0.25) is 0 Å². The second kappa shape index (κ2) is 15.6. The summed E-state index contributed by atoms with van der Waals surface area (Å²) in [5, 5.41) is 8.00. The van der Waals surface area contributed by atoms with Gasteiger partial charge in [0.1, 0.15) is 0 Å². The normalized spacial score (nSPS) is 16.3. The van der Waals surface area contributed by atoms with Crippen LogP contribution in [-0.2, 0) is 6.42 Å². The van der Waals surface area contributed by atoms with Gasteiger partial charge in [-0.15, -0.1) is 0 Å². The SMILES string of the molecule is C=C/C=C(\C(C)=C/C)c1cc(-c2ccc3c(c2)/C(C=C)=C(/C=C\C)NC(c2cccc4c2Cc2c(-c5ccccc5)cccc2-4)c2ccccc2N3)ccc1C. The smallest absolute Gasteiger partial charge is 0.0790 e. The maximum Gasteiger partial charge on any atom is 0.0790 e. The Hall–Kier alpha value is -6.64. The monoisotopic (exact) mass is 724 g/mol. The highest BCUT2D eigenvalue weighted by Crippen LogP contribution is 2.47. The lowest BCUT2D eigenvalue weighted by atomic mass is 9.90. The van der Waals surface area contributed by atoms with Crippen molar-refractivity contribution in [2.45, 2.75) is 40.2 Å². The van der Waals surface area contributed by atoms with E-state index in [4.69, 9.17) is 0 Å². The van der Waals surface area contributed by atoms with Crippen molar-refractivity contribution in [2.24, 2.45) is 0 Å². The summed E-state index contributed by atoms with van der Waals surface area (Å²) in [7, 11) is 0. The van der Waals surface area contributed by atoms with E-state index in [9.17, 15) is 0 Å². The Morgan fingerprint density at radius 3 is 2.12 bits per heavy atom. The van der Waals surface area contributed by atoms with Crippen molar-refractivity contribution in [1.82, 2.24) is 5.32 Å². The molecular weight excluding hydrogens is 677 g/mol. The van der Waals surface area contributed by atoms with Crippen LogP contribution in [0.25, 0.3) is 44.5 Å². The van der Waals surface area contributed by atoms with Crippen LogP contribution in [0.15, 0.2) is 188 Å². The third kappa shape index (κ3) is 6.58. The predicted octanol–water partition coefficient (Wildman–Crippen LogP) is 14.3. The van der Waals surface area contributed by atoms with Gasteiger partial charge in [0.15, 0.2) is 0 Å². The van der Waals surface area contributed by atoms with Gasteiger partial charge in [0.25, 0.3) is 0 Å².